The van der Waals surface area contributed by atoms with Gasteiger partial charge in [0.2, 0.25) is 0 Å². The molecule has 5 heteroatoms. The molecule has 2 rings (SSSR count). The van der Waals surface area contributed by atoms with Crippen LogP contribution in [0.3, 0.4) is 0 Å². The van der Waals surface area contributed by atoms with Gasteiger partial charge in [-0.15, -0.1) is 0 Å². The number of aromatic nitrogens is 2. The summed E-state index contributed by atoms with van der Waals surface area (Å²) in [6.45, 7) is 2.05. The van der Waals surface area contributed by atoms with E-state index in [0.717, 1.165) is 32.5 Å². The van der Waals surface area contributed by atoms with Crippen LogP contribution < -0.4 is 4.74 Å². The van der Waals surface area contributed by atoms with E-state index in [1.807, 2.05) is 37.3 Å². The molecule has 0 amide bonds. The molecule has 0 saturated heterocycles. The summed E-state index contributed by atoms with van der Waals surface area (Å²) in [5, 5.41) is 0.943. The number of hydrogen-bond acceptors (Lipinski definition) is 4. The summed E-state index contributed by atoms with van der Waals surface area (Å²) in [6.07, 6.45) is 0.829. The van der Waals surface area contributed by atoms with Crippen molar-refractivity contribution in [2.24, 2.45) is 0 Å². The second kappa shape index (κ2) is 6.20. The first-order chi connectivity index (χ1) is 8.71. The van der Waals surface area contributed by atoms with Crippen LogP contribution in [-0.4, -0.2) is 17.1 Å². The smallest absolute Gasteiger partial charge is 0.130 e. The minimum atomic E-state index is 0.824. The zero-order valence-electron chi connectivity index (χ0n) is 10.2. The summed E-state index contributed by atoms with van der Waals surface area (Å²) in [5.74, 6) is 1.71. The van der Waals surface area contributed by atoms with Crippen LogP contribution in [0.4, 0.5) is 0 Å². The average molecular weight is 325 g/mol. The second-order valence-corrected chi connectivity index (χ2v) is 5.48. The van der Waals surface area contributed by atoms with Gasteiger partial charge in [-0.3, -0.25) is 0 Å². The number of ether oxygens (including phenoxy) is 1. The van der Waals surface area contributed by atoms with Gasteiger partial charge in [0.05, 0.1) is 7.11 Å². The van der Waals surface area contributed by atoms with Gasteiger partial charge in [0.1, 0.15) is 21.2 Å². The maximum Gasteiger partial charge on any atom is 0.130 e. The van der Waals surface area contributed by atoms with Gasteiger partial charge in [0.25, 0.3) is 0 Å². The lowest BCUT2D eigenvalue weighted by atomic mass is 10.3. The van der Waals surface area contributed by atoms with Crippen LogP contribution in [0.5, 0.6) is 5.75 Å². The predicted molar refractivity (Wildman–Crippen MR) is 76.2 cm³/mol. The van der Waals surface area contributed by atoms with E-state index < -0.39 is 0 Å². The van der Waals surface area contributed by atoms with Crippen molar-refractivity contribution in [1.29, 1.82) is 0 Å². The maximum absolute atomic E-state index is 5.13. The highest BCUT2D eigenvalue weighted by Gasteiger charge is 2.04. The summed E-state index contributed by atoms with van der Waals surface area (Å²) in [7, 11) is 1.66. The Morgan fingerprint density at radius 1 is 1.22 bits per heavy atom. The third kappa shape index (κ3) is 3.46. The molecule has 1 heterocycles. The van der Waals surface area contributed by atoms with Gasteiger partial charge in [-0.2, -0.15) is 0 Å². The normalized spacial score (nSPS) is 10.4. The van der Waals surface area contributed by atoms with Gasteiger partial charge in [-0.05, 0) is 40.2 Å². The van der Waals surface area contributed by atoms with Crippen molar-refractivity contribution in [1.82, 2.24) is 9.97 Å². The van der Waals surface area contributed by atoms with Crippen LogP contribution in [0, 0.1) is 0 Å². The molecule has 0 saturated carbocycles. The van der Waals surface area contributed by atoms with Gasteiger partial charge in [0.15, 0.2) is 0 Å². The molecule has 1 aromatic carbocycles. The first-order valence-electron chi connectivity index (χ1n) is 5.56. The van der Waals surface area contributed by atoms with E-state index in [4.69, 9.17) is 4.74 Å². The van der Waals surface area contributed by atoms with Gasteiger partial charge in [0, 0.05) is 17.4 Å². The Labute approximate surface area is 119 Å². The fourth-order valence-electron chi connectivity index (χ4n) is 1.42. The molecule has 0 radical (unpaired) electrons. The van der Waals surface area contributed by atoms with E-state index in [9.17, 15) is 0 Å². The fraction of sp³-hybridized carbons (Fsp3) is 0.231. The van der Waals surface area contributed by atoms with E-state index >= 15 is 0 Å². The second-order valence-electron chi connectivity index (χ2n) is 3.58. The number of hydrogen-bond donors (Lipinski definition) is 0. The molecular weight excluding hydrogens is 312 g/mol. The fourth-order valence-corrected chi connectivity index (χ4v) is 2.83. The molecular formula is C13H13BrN2OS. The molecule has 0 unspecified atom stereocenters. The highest BCUT2D eigenvalue weighted by molar-refractivity contribution is 9.10. The molecule has 0 bridgehead atoms. The number of halogens is 1. The summed E-state index contributed by atoms with van der Waals surface area (Å²) in [5.41, 5.74) is 0. The largest absolute Gasteiger partial charge is 0.497 e. The summed E-state index contributed by atoms with van der Waals surface area (Å²) in [6, 6.07) is 9.85. The van der Waals surface area contributed by atoms with Gasteiger partial charge >= 0.3 is 0 Å². The molecule has 0 fully saturated rings. The lowest BCUT2D eigenvalue weighted by Gasteiger charge is -2.05. The summed E-state index contributed by atoms with van der Waals surface area (Å²) < 4.78 is 5.96. The topological polar surface area (TPSA) is 35.0 Å². The zero-order valence-corrected chi connectivity index (χ0v) is 12.6. The molecule has 18 heavy (non-hydrogen) atoms. The SMILES string of the molecule is CCc1nc(Br)cc(Sc2ccc(OC)cc2)n1. The Bertz CT molecular complexity index is 531. The number of rotatable bonds is 4. The third-order valence-corrected chi connectivity index (χ3v) is 3.65. The molecule has 0 N–H and O–H groups in total. The van der Waals surface area contributed by atoms with Crippen LogP contribution in [-0.2, 0) is 6.42 Å². The van der Waals surface area contributed by atoms with Crippen LogP contribution in [0.25, 0.3) is 0 Å². The predicted octanol–water partition coefficient (Wildman–Crippen LogP) is 3.96. The number of methoxy groups -OCH3 is 1. The number of nitrogens with zero attached hydrogens (tertiary/aromatic N) is 2. The van der Waals surface area contributed by atoms with Crippen LogP contribution in [0.15, 0.2) is 44.9 Å². The van der Waals surface area contributed by atoms with Crippen molar-refractivity contribution >= 4 is 27.7 Å². The molecule has 0 aliphatic carbocycles. The quantitative estimate of drug-likeness (QED) is 0.797. The van der Waals surface area contributed by atoms with Crippen LogP contribution >= 0.6 is 27.7 Å². The molecule has 0 aliphatic rings. The number of benzene rings is 1. The average Bonchev–Trinajstić information content (AvgIpc) is 2.39. The summed E-state index contributed by atoms with van der Waals surface area (Å²) >= 11 is 5.02. The van der Waals surface area contributed by atoms with Crippen molar-refractivity contribution in [2.45, 2.75) is 23.3 Å². The van der Waals surface area contributed by atoms with Gasteiger partial charge < -0.3 is 4.74 Å². The Hall–Kier alpha value is -1.07. The molecule has 1 aromatic heterocycles. The van der Waals surface area contributed by atoms with Crippen LogP contribution in [0.2, 0.25) is 0 Å². The highest BCUT2D eigenvalue weighted by Crippen LogP contribution is 2.28. The lowest BCUT2D eigenvalue weighted by Crippen LogP contribution is -1.94. The molecule has 0 atom stereocenters. The van der Waals surface area contributed by atoms with Gasteiger partial charge in [-0.25, -0.2) is 9.97 Å². The Balaban J connectivity index is 2.19. The summed E-state index contributed by atoms with van der Waals surface area (Å²) in [4.78, 5) is 9.90. The van der Waals surface area contributed by atoms with Crippen molar-refractivity contribution in [3.05, 3.63) is 40.8 Å². The van der Waals surface area contributed by atoms with E-state index in [-0.39, 0.29) is 0 Å². The Morgan fingerprint density at radius 3 is 2.56 bits per heavy atom. The molecule has 0 spiro atoms. The van der Waals surface area contributed by atoms with E-state index in [2.05, 4.69) is 25.9 Å². The third-order valence-electron chi connectivity index (χ3n) is 2.32. The first-order valence-corrected chi connectivity index (χ1v) is 7.17. The monoisotopic (exact) mass is 324 g/mol. The van der Waals surface area contributed by atoms with Crippen molar-refractivity contribution < 1.29 is 4.74 Å². The van der Waals surface area contributed by atoms with Crippen molar-refractivity contribution in [2.75, 3.05) is 7.11 Å². The van der Waals surface area contributed by atoms with E-state index in [0.29, 0.717) is 0 Å². The molecule has 94 valence electrons. The molecule has 0 aliphatic heterocycles. The van der Waals surface area contributed by atoms with Crippen LogP contribution in [0.1, 0.15) is 12.7 Å². The van der Waals surface area contributed by atoms with Crippen molar-refractivity contribution in [3.63, 3.8) is 0 Å². The maximum atomic E-state index is 5.13. The highest BCUT2D eigenvalue weighted by atomic mass is 79.9. The standard InChI is InChI=1S/C13H13BrN2OS/c1-3-12-15-11(14)8-13(16-12)18-10-6-4-9(17-2)5-7-10/h4-8H,3H2,1-2H3. The van der Waals surface area contributed by atoms with E-state index in [1.54, 1.807) is 18.9 Å². The molecule has 3 nitrogen and oxygen atoms in total. The number of aryl methyl sites for hydroxylation is 1. The Kier molecular flexibility index (Phi) is 4.60. The van der Waals surface area contributed by atoms with Crippen molar-refractivity contribution in [3.8, 4) is 5.75 Å². The lowest BCUT2D eigenvalue weighted by molar-refractivity contribution is 0.414. The minimum absolute atomic E-state index is 0.824. The van der Waals surface area contributed by atoms with E-state index in [1.165, 1.54) is 0 Å². The van der Waals surface area contributed by atoms with Gasteiger partial charge in [-0.1, -0.05) is 18.7 Å². The first kappa shape index (κ1) is 13.4. The molecule has 2 aromatic rings. The zero-order chi connectivity index (χ0) is 13.0. The minimum Gasteiger partial charge on any atom is -0.497 e. The Morgan fingerprint density at radius 2 is 1.94 bits per heavy atom.